The van der Waals surface area contributed by atoms with Crippen LogP contribution in [0, 0.1) is 10.1 Å². The number of nitrogens with one attached hydrogen (secondary N) is 1. The summed E-state index contributed by atoms with van der Waals surface area (Å²) >= 11 is 0. The van der Waals surface area contributed by atoms with E-state index in [1.165, 1.54) is 49.6 Å². The lowest BCUT2D eigenvalue weighted by atomic mass is 10.2. The minimum Gasteiger partial charge on any atom is -0.496 e. The maximum Gasteiger partial charge on any atom is 0.296 e. The van der Waals surface area contributed by atoms with Crippen molar-refractivity contribution in [3.63, 3.8) is 0 Å². The van der Waals surface area contributed by atoms with Crippen LogP contribution in [-0.4, -0.2) is 31.6 Å². The maximum atomic E-state index is 12.3. The Hall–Kier alpha value is -2.94. The number of carbonyl (C=O) groups is 1. The van der Waals surface area contributed by atoms with Gasteiger partial charge in [-0.2, -0.15) is 0 Å². The van der Waals surface area contributed by atoms with Gasteiger partial charge in [-0.15, -0.1) is 0 Å². The minimum absolute atomic E-state index is 0.0136. The molecule has 0 aliphatic carbocycles. The van der Waals surface area contributed by atoms with Crippen LogP contribution < -0.4 is 10.1 Å². The zero-order valence-electron chi connectivity index (χ0n) is 14.4. The first-order valence-electron chi connectivity index (χ1n) is 7.64. The van der Waals surface area contributed by atoms with E-state index in [0.29, 0.717) is 0 Å². The average Bonchev–Trinajstić information content (AvgIpc) is 2.61. The number of anilines is 1. The molecule has 0 saturated carbocycles. The highest BCUT2D eigenvalue weighted by Gasteiger charge is 2.21. The molecule has 1 N–H and O–H groups in total. The van der Waals surface area contributed by atoms with E-state index in [1.807, 2.05) is 0 Å². The molecule has 0 aromatic heterocycles. The molecule has 2 rings (SSSR count). The van der Waals surface area contributed by atoms with Crippen LogP contribution in [0.25, 0.3) is 0 Å². The molecule has 0 unspecified atom stereocenters. The van der Waals surface area contributed by atoms with E-state index in [0.717, 1.165) is 0 Å². The van der Waals surface area contributed by atoms with E-state index in [9.17, 15) is 23.3 Å². The summed E-state index contributed by atoms with van der Waals surface area (Å²) in [5.41, 5.74) is -0.116. The van der Waals surface area contributed by atoms with Crippen molar-refractivity contribution in [1.82, 2.24) is 0 Å². The second-order valence-electron chi connectivity index (χ2n) is 5.71. The van der Waals surface area contributed by atoms with Gasteiger partial charge < -0.3 is 10.1 Å². The van der Waals surface area contributed by atoms with Gasteiger partial charge in [0.2, 0.25) is 0 Å². The quantitative estimate of drug-likeness (QED) is 0.610. The van der Waals surface area contributed by atoms with Crippen molar-refractivity contribution >= 4 is 27.1 Å². The van der Waals surface area contributed by atoms with Gasteiger partial charge in [0.05, 0.1) is 28.2 Å². The van der Waals surface area contributed by atoms with Crippen molar-refractivity contribution < 1.29 is 22.9 Å². The van der Waals surface area contributed by atoms with Crippen molar-refractivity contribution in [1.29, 1.82) is 0 Å². The number of nitro groups is 1. The normalized spacial score (nSPS) is 11.2. The van der Waals surface area contributed by atoms with Crippen molar-refractivity contribution in [2.75, 3.05) is 12.4 Å². The SMILES string of the molecule is COc1ccc(NC(=O)c2ccc(S(=O)(=O)C(C)C)cc2)c([N+](=O)[O-])c1. The summed E-state index contributed by atoms with van der Waals surface area (Å²) in [5, 5.41) is 13.0. The summed E-state index contributed by atoms with van der Waals surface area (Å²) in [5.74, 6) is -0.301. The molecule has 9 heteroatoms. The van der Waals surface area contributed by atoms with E-state index in [1.54, 1.807) is 13.8 Å². The number of sulfone groups is 1. The third-order valence-electron chi connectivity index (χ3n) is 3.72. The molecule has 0 atom stereocenters. The Morgan fingerprint density at radius 2 is 1.77 bits per heavy atom. The Balaban J connectivity index is 2.27. The lowest BCUT2D eigenvalue weighted by Gasteiger charge is -2.10. The predicted molar refractivity (Wildman–Crippen MR) is 96.4 cm³/mol. The zero-order chi connectivity index (χ0) is 19.5. The largest absolute Gasteiger partial charge is 0.496 e. The third kappa shape index (κ3) is 3.99. The lowest BCUT2D eigenvalue weighted by Crippen LogP contribution is -2.15. The van der Waals surface area contributed by atoms with E-state index < -0.39 is 25.9 Å². The number of rotatable bonds is 6. The number of ether oxygens (including phenoxy) is 1. The fourth-order valence-corrected chi connectivity index (χ4v) is 3.22. The Morgan fingerprint density at radius 3 is 2.27 bits per heavy atom. The molecule has 0 fully saturated rings. The first-order valence-corrected chi connectivity index (χ1v) is 9.19. The summed E-state index contributed by atoms with van der Waals surface area (Å²) < 4.78 is 29.1. The number of hydrogen-bond acceptors (Lipinski definition) is 6. The highest BCUT2D eigenvalue weighted by atomic mass is 32.2. The van der Waals surface area contributed by atoms with Crippen molar-refractivity contribution in [3.05, 3.63) is 58.1 Å². The van der Waals surface area contributed by atoms with Gasteiger partial charge >= 0.3 is 0 Å². The predicted octanol–water partition coefficient (Wildman–Crippen LogP) is 3.04. The number of methoxy groups -OCH3 is 1. The Labute approximate surface area is 150 Å². The van der Waals surface area contributed by atoms with Crippen molar-refractivity contribution in [2.24, 2.45) is 0 Å². The number of nitro benzene ring substituents is 1. The highest BCUT2D eigenvalue weighted by molar-refractivity contribution is 7.92. The molecule has 26 heavy (non-hydrogen) atoms. The van der Waals surface area contributed by atoms with Crippen molar-refractivity contribution in [3.8, 4) is 5.75 Å². The van der Waals surface area contributed by atoms with Crippen LogP contribution in [0.4, 0.5) is 11.4 Å². The monoisotopic (exact) mass is 378 g/mol. The summed E-state index contributed by atoms with van der Waals surface area (Å²) in [6, 6.07) is 9.46. The molecule has 0 radical (unpaired) electrons. The molecule has 0 aliphatic heterocycles. The third-order valence-corrected chi connectivity index (χ3v) is 5.89. The van der Waals surface area contributed by atoms with Gasteiger partial charge in [-0.3, -0.25) is 14.9 Å². The molecule has 2 aromatic carbocycles. The number of hydrogen-bond donors (Lipinski definition) is 1. The fourth-order valence-electron chi connectivity index (χ4n) is 2.16. The maximum absolute atomic E-state index is 12.3. The first-order chi connectivity index (χ1) is 12.2. The standard InChI is InChI=1S/C17H18N2O6S/c1-11(2)26(23,24)14-7-4-12(5-8-14)17(20)18-15-9-6-13(25-3)10-16(15)19(21)22/h4-11H,1-3H3,(H,18,20). The molecule has 0 aliphatic rings. The highest BCUT2D eigenvalue weighted by Crippen LogP contribution is 2.29. The fraction of sp³-hybridized carbons (Fsp3) is 0.235. The van der Waals surface area contributed by atoms with Gasteiger partial charge in [0, 0.05) is 5.56 Å². The number of benzene rings is 2. The molecular formula is C17H18N2O6S. The van der Waals surface area contributed by atoms with Gasteiger partial charge in [-0.25, -0.2) is 8.42 Å². The van der Waals surface area contributed by atoms with Crippen LogP contribution >= 0.6 is 0 Å². The number of amides is 1. The topological polar surface area (TPSA) is 116 Å². The molecular weight excluding hydrogens is 360 g/mol. The van der Waals surface area contributed by atoms with Gasteiger partial charge in [0.1, 0.15) is 11.4 Å². The molecule has 0 bridgehead atoms. The molecule has 2 aromatic rings. The summed E-state index contributed by atoms with van der Waals surface area (Å²) in [6.07, 6.45) is 0. The van der Waals surface area contributed by atoms with E-state index >= 15 is 0 Å². The second-order valence-corrected chi connectivity index (χ2v) is 8.22. The Bertz CT molecular complexity index is 936. The summed E-state index contributed by atoms with van der Waals surface area (Å²) in [7, 11) is -2.06. The first kappa shape index (κ1) is 19.4. The van der Waals surface area contributed by atoms with Crippen molar-refractivity contribution in [2.45, 2.75) is 24.0 Å². The van der Waals surface area contributed by atoms with Crippen LogP contribution in [0.5, 0.6) is 5.75 Å². The molecule has 138 valence electrons. The summed E-state index contributed by atoms with van der Waals surface area (Å²) in [6.45, 7) is 3.14. The van der Waals surface area contributed by atoms with Crippen LogP contribution in [0.15, 0.2) is 47.4 Å². The van der Waals surface area contributed by atoms with E-state index in [-0.39, 0.29) is 27.6 Å². The number of carbonyl (C=O) groups excluding carboxylic acids is 1. The Morgan fingerprint density at radius 1 is 1.15 bits per heavy atom. The van der Waals surface area contributed by atoms with Gasteiger partial charge in [-0.05, 0) is 50.2 Å². The molecule has 0 saturated heterocycles. The number of nitrogens with zero attached hydrogens (tertiary/aromatic N) is 1. The van der Waals surface area contributed by atoms with Gasteiger partial charge in [0.25, 0.3) is 11.6 Å². The second kappa shape index (κ2) is 7.52. The van der Waals surface area contributed by atoms with Gasteiger partial charge in [-0.1, -0.05) is 0 Å². The van der Waals surface area contributed by atoms with E-state index in [2.05, 4.69) is 5.32 Å². The lowest BCUT2D eigenvalue weighted by molar-refractivity contribution is -0.384. The molecule has 8 nitrogen and oxygen atoms in total. The van der Waals surface area contributed by atoms with Crippen LogP contribution in [0.2, 0.25) is 0 Å². The van der Waals surface area contributed by atoms with Crippen LogP contribution in [-0.2, 0) is 9.84 Å². The molecule has 0 spiro atoms. The minimum atomic E-state index is -3.44. The average molecular weight is 378 g/mol. The van der Waals surface area contributed by atoms with Crippen LogP contribution in [0.1, 0.15) is 24.2 Å². The van der Waals surface area contributed by atoms with Gasteiger partial charge in [0.15, 0.2) is 9.84 Å². The zero-order valence-corrected chi connectivity index (χ0v) is 15.2. The van der Waals surface area contributed by atoms with E-state index in [4.69, 9.17) is 4.74 Å². The van der Waals surface area contributed by atoms with Crippen LogP contribution in [0.3, 0.4) is 0 Å². The summed E-state index contributed by atoms with van der Waals surface area (Å²) in [4.78, 5) is 23.0. The molecule has 1 amide bonds. The smallest absolute Gasteiger partial charge is 0.296 e. The molecule has 0 heterocycles. The Kier molecular flexibility index (Phi) is 5.61.